The van der Waals surface area contributed by atoms with Crippen LogP contribution in [0.4, 0.5) is 0 Å². The van der Waals surface area contributed by atoms with E-state index in [1.165, 1.54) is 0 Å². The Balaban J connectivity index is 1.57. The fourth-order valence-electron chi connectivity index (χ4n) is 3.92. The Kier molecular flexibility index (Phi) is 6.21. The summed E-state index contributed by atoms with van der Waals surface area (Å²) in [5, 5.41) is 11.8. The minimum absolute atomic E-state index is 0.210. The van der Waals surface area contributed by atoms with Gasteiger partial charge in [-0.2, -0.15) is 5.10 Å². The van der Waals surface area contributed by atoms with Gasteiger partial charge in [-0.25, -0.2) is 4.98 Å². The van der Waals surface area contributed by atoms with Crippen molar-refractivity contribution in [3.05, 3.63) is 101 Å². The summed E-state index contributed by atoms with van der Waals surface area (Å²) in [6.07, 6.45) is 0. The smallest absolute Gasteiger partial charge is 0.252 e. The van der Waals surface area contributed by atoms with Crippen molar-refractivity contribution in [1.29, 1.82) is 0 Å². The highest BCUT2D eigenvalue weighted by molar-refractivity contribution is 6.30. The van der Waals surface area contributed by atoms with Crippen LogP contribution in [0.3, 0.4) is 0 Å². The molecule has 2 N–H and O–H groups in total. The number of methoxy groups -OCH3 is 1. The van der Waals surface area contributed by atoms with E-state index >= 15 is 0 Å². The van der Waals surface area contributed by atoms with Gasteiger partial charge in [0.1, 0.15) is 5.75 Å². The molecule has 0 aliphatic rings. The molecule has 0 fully saturated rings. The van der Waals surface area contributed by atoms with Gasteiger partial charge < -0.3 is 10.1 Å². The van der Waals surface area contributed by atoms with Gasteiger partial charge in [-0.15, -0.1) is 0 Å². The fourth-order valence-corrected chi connectivity index (χ4v) is 4.05. The van der Waals surface area contributed by atoms with Gasteiger partial charge >= 0.3 is 0 Å². The number of amides is 1. The molecule has 0 saturated heterocycles. The number of aromatic nitrogens is 3. The zero-order chi connectivity index (χ0) is 24.4. The third kappa shape index (κ3) is 4.74. The molecule has 0 aliphatic carbocycles. The molecule has 2 aromatic heterocycles. The predicted molar refractivity (Wildman–Crippen MR) is 139 cm³/mol. The molecule has 0 aliphatic heterocycles. The van der Waals surface area contributed by atoms with Crippen LogP contribution in [-0.4, -0.2) is 28.2 Å². The number of pyridine rings is 1. The van der Waals surface area contributed by atoms with Gasteiger partial charge in [0.05, 0.1) is 29.4 Å². The van der Waals surface area contributed by atoms with Crippen LogP contribution in [0.1, 0.15) is 21.5 Å². The Morgan fingerprint density at radius 3 is 2.34 bits per heavy atom. The van der Waals surface area contributed by atoms with Crippen LogP contribution in [0, 0.1) is 6.92 Å². The highest BCUT2D eigenvalue weighted by Gasteiger charge is 2.20. The molecule has 174 valence electrons. The van der Waals surface area contributed by atoms with Crippen molar-refractivity contribution in [2.75, 3.05) is 7.11 Å². The van der Waals surface area contributed by atoms with Crippen LogP contribution in [-0.2, 0) is 6.54 Å². The summed E-state index contributed by atoms with van der Waals surface area (Å²) in [6, 6.07) is 24.9. The van der Waals surface area contributed by atoms with Crippen molar-refractivity contribution >= 4 is 28.5 Å². The zero-order valence-electron chi connectivity index (χ0n) is 19.3. The van der Waals surface area contributed by atoms with E-state index in [0.29, 0.717) is 39.6 Å². The molecule has 0 unspecified atom stereocenters. The van der Waals surface area contributed by atoms with Crippen molar-refractivity contribution in [2.45, 2.75) is 13.5 Å². The highest BCUT2D eigenvalue weighted by Crippen LogP contribution is 2.32. The first-order valence-corrected chi connectivity index (χ1v) is 11.5. The lowest BCUT2D eigenvalue weighted by atomic mass is 10.0. The summed E-state index contributed by atoms with van der Waals surface area (Å²) in [7, 11) is 1.63. The van der Waals surface area contributed by atoms with Gasteiger partial charge in [-0.3, -0.25) is 9.89 Å². The summed E-state index contributed by atoms with van der Waals surface area (Å²) in [5.74, 6) is 0.558. The number of carbonyl (C=O) groups is 1. The van der Waals surface area contributed by atoms with Crippen LogP contribution in [0.15, 0.2) is 78.9 Å². The lowest BCUT2D eigenvalue weighted by Gasteiger charge is -2.10. The Morgan fingerprint density at radius 2 is 1.66 bits per heavy atom. The Morgan fingerprint density at radius 1 is 0.971 bits per heavy atom. The van der Waals surface area contributed by atoms with Gasteiger partial charge in [0, 0.05) is 22.7 Å². The number of benzene rings is 3. The Labute approximate surface area is 207 Å². The number of aryl methyl sites for hydroxylation is 1. The highest BCUT2D eigenvalue weighted by atomic mass is 35.5. The van der Waals surface area contributed by atoms with Gasteiger partial charge in [-0.1, -0.05) is 65.7 Å². The number of fused-ring (bicyclic) bond motifs is 1. The van der Waals surface area contributed by atoms with E-state index < -0.39 is 0 Å². The number of rotatable bonds is 6. The van der Waals surface area contributed by atoms with Gasteiger partial charge in [0.25, 0.3) is 5.91 Å². The molecule has 0 atom stereocenters. The number of nitrogens with zero attached hydrogens (tertiary/aromatic N) is 2. The van der Waals surface area contributed by atoms with Crippen LogP contribution < -0.4 is 10.1 Å². The number of hydrogen-bond donors (Lipinski definition) is 2. The maximum Gasteiger partial charge on any atom is 0.252 e. The summed E-state index contributed by atoms with van der Waals surface area (Å²) in [6.45, 7) is 2.41. The standard InChI is InChI=1S/C28H23ClN4O2/c1-17-3-7-19(8-4-17)24-15-23(28(34)30-16-18-5-13-22(35-2)14-6-18)25-26(32-33-27(25)31-24)20-9-11-21(29)12-10-20/h3-15H,16H2,1-2H3,(H,30,34)(H,31,32,33). The van der Waals surface area contributed by atoms with Crippen molar-refractivity contribution in [2.24, 2.45) is 0 Å². The number of carbonyl (C=O) groups excluding carboxylic acids is 1. The normalized spacial score (nSPS) is 10.9. The van der Waals surface area contributed by atoms with Gasteiger partial charge in [-0.05, 0) is 42.8 Å². The van der Waals surface area contributed by atoms with Crippen LogP contribution in [0.2, 0.25) is 5.02 Å². The van der Waals surface area contributed by atoms with E-state index in [9.17, 15) is 4.79 Å². The van der Waals surface area contributed by atoms with Crippen molar-refractivity contribution in [3.63, 3.8) is 0 Å². The Bertz CT molecular complexity index is 1490. The SMILES string of the molecule is COc1ccc(CNC(=O)c2cc(-c3ccc(C)cc3)nc3n[nH]c(-c4ccc(Cl)cc4)c23)cc1. The quantitative estimate of drug-likeness (QED) is 0.302. The van der Waals surface area contributed by atoms with Crippen molar-refractivity contribution < 1.29 is 9.53 Å². The lowest BCUT2D eigenvalue weighted by Crippen LogP contribution is -2.23. The predicted octanol–water partition coefficient (Wildman–Crippen LogP) is 6.19. The first-order chi connectivity index (χ1) is 17.0. The van der Waals surface area contributed by atoms with Crippen LogP contribution in [0.25, 0.3) is 33.5 Å². The number of H-pyrrole nitrogens is 1. The molecular formula is C28H23ClN4O2. The molecular weight excluding hydrogens is 460 g/mol. The van der Waals surface area contributed by atoms with E-state index in [0.717, 1.165) is 28.0 Å². The van der Waals surface area contributed by atoms with Gasteiger partial charge in [0.15, 0.2) is 5.65 Å². The topological polar surface area (TPSA) is 79.9 Å². The first-order valence-electron chi connectivity index (χ1n) is 11.1. The number of ether oxygens (including phenoxy) is 1. The molecule has 0 bridgehead atoms. The number of hydrogen-bond acceptors (Lipinski definition) is 4. The van der Waals surface area contributed by atoms with E-state index in [-0.39, 0.29) is 5.91 Å². The lowest BCUT2D eigenvalue weighted by molar-refractivity contribution is 0.0952. The molecule has 0 spiro atoms. The summed E-state index contributed by atoms with van der Waals surface area (Å²) in [4.78, 5) is 18.3. The maximum absolute atomic E-state index is 13.5. The van der Waals surface area contributed by atoms with Gasteiger partial charge in [0.2, 0.25) is 0 Å². The minimum atomic E-state index is -0.210. The third-order valence-electron chi connectivity index (χ3n) is 5.86. The van der Waals surface area contributed by atoms with Crippen molar-refractivity contribution in [1.82, 2.24) is 20.5 Å². The average Bonchev–Trinajstić information content (AvgIpc) is 3.32. The molecule has 0 radical (unpaired) electrons. The summed E-state index contributed by atoms with van der Waals surface area (Å²) in [5.41, 5.74) is 6.27. The Hall–Kier alpha value is -4.16. The first kappa shape index (κ1) is 22.6. The van der Waals surface area contributed by atoms with Crippen LogP contribution >= 0.6 is 11.6 Å². The third-order valence-corrected chi connectivity index (χ3v) is 6.11. The monoisotopic (exact) mass is 482 g/mol. The second-order valence-corrected chi connectivity index (χ2v) is 8.69. The minimum Gasteiger partial charge on any atom is -0.497 e. The second kappa shape index (κ2) is 9.60. The number of halogens is 1. The maximum atomic E-state index is 13.5. The van der Waals surface area contributed by atoms with E-state index in [2.05, 4.69) is 15.5 Å². The molecule has 7 heteroatoms. The van der Waals surface area contributed by atoms with Crippen molar-refractivity contribution in [3.8, 4) is 28.3 Å². The largest absolute Gasteiger partial charge is 0.497 e. The molecule has 0 saturated carbocycles. The van der Waals surface area contributed by atoms with E-state index in [1.807, 2.05) is 73.7 Å². The summed E-state index contributed by atoms with van der Waals surface area (Å²) >= 11 is 6.08. The fraction of sp³-hybridized carbons (Fsp3) is 0.107. The second-order valence-electron chi connectivity index (χ2n) is 8.26. The molecule has 6 nitrogen and oxygen atoms in total. The van der Waals surface area contributed by atoms with E-state index in [1.54, 1.807) is 19.2 Å². The molecule has 35 heavy (non-hydrogen) atoms. The molecule has 2 heterocycles. The molecule has 5 aromatic rings. The molecule has 5 rings (SSSR count). The summed E-state index contributed by atoms with van der Waals surface area (Å²) < 4.78 is 5.22. The number of nitrogens with one attached hydrogen (secondary N) is 2. The van der Waals surface area contributed by atoms with Crippen LogP contribution in [0.5, 0.6) is 5.75 Å². The molecule has 3 aromatic carbocycles. The zero-order valence-corrected chi connectivity index (χ0v) is 20.1. The number of aromatic amines is 1. The average molecular weight is 483 g/mol. The van der Waals surface area contributed by atoms with E-state index in [4.69, 9.17) is 21.3 Å². The molecule has 1 amide bonds.